The maximum absolute atomic E-state index is 6.15. The molecule has 3 nitrogen and oxygen atoms in total. The minimum absolute atomic E-state index is 0.220. The molecule has 1 aromatic carbocycles. The van der Waals surface area contributed by atoms with Crippen molar-refractivity contribution in [2.24, 2.45) is 0 Å². The largest absolute Gasteiger partial charge is 0.468 e. The number of nitrogens with one attached hydrogen (secondary N) is 1. The van der Waals surface area contributed by atoms with E-state index in [1.54, 1.807) is 6.26 Å². The third kappa shape index (κ3) is 2.79. The zero-order valence-electron chi connectivity index (χ0n) is 11.9. The van der Waals surface area contributed by atoms with Crippen LogP contribution in [0.3, 0.4) is 0 Å². The number of hydrogen-bond acceptors (Lipinski definition) is 3. The lowest BCUT2D eigenvalue weighted by Crippen LogP contribution is -2.13. The molecule has 3 heteroatoms. The highest BCUT2D eigenvalue weighted by Crippen LogP contribution is 2.33. The third-order valence-electron chi connectivity index (χ3n) is 3.93. The van der Waals surface area contributed by atoms with E-state index in [1.165, 1.54) is 24.0 Å². The first-order chi connectivity index (χ1) is 9.88. The Hall–Kier alpha value is -1.58. The number of hydrogen-bond donors (Lipinski definition) is 1. The molecule has 1 unspecified atom stereocenters. The molecule has 20 heavy (non-hydrogen) atoms. The molecule has 1 heterocycles. The summed E-state index contributed by atoms with van der Waals surface area (Å²) in [5, 5.41) is 3.11. The number of rotatable bonds is 5. The van der Waals surface area contributed by atoms with Crippen LogP contribution in [0.2, 0.25) is 0 Å². The molecular formula is C17H21NO2. The highest BCUT2D eigenvalue weighted by atomic mass is 16.5. The Bertz CT molecular complexity index is 562. The van der Waals surface area contributed by atoms with Gasteiger partial charge in [0.05, 0.1) is 25.5 Å². The molecule has 0 saturated heterocycles. The summed E-state index contributed by atoms with van der Waals surface area (Å²) in [5.74, 6) is 0.969. The smallest absolute Gasteiger partial charge is 0.123 e. The van der Waals surface area contributed by atoms with Crippen LogP contribution in [-0.4, -0.2) is 7.05 Å². The number of benzene rings is 1. The van der Waals surface area contributed by atoms with Crippen molar-refractivity contribution in [3.8, 4) is 0 Å². The zero-order chi connectivity index (χ0) is 13.8. The van der Waals surface area contributed by atoms with E-state index in [9.17, 15) is 0 Å². The average Bonchev–Trinajstić information content (AvgIpc) is 2.93. The van der Waals surface area contributed by atoms with Gasteiger partial charge >= 0.3 is 0 Å². The SMILES string of the molecule is CNCc1occc1COC1CCCc2ccccc21. The van der Waals surface area contributed by atoms with Gasteiger partial charge in [0.1, 0.15) is 5.76 Å². The van der Waals surface area contributed by atoms with E-state index >= 15 is 0 Å². The minimum Gasteiger partial charge on any atom is -0.468 e. The monoisotopic (exact) mass is 271 g/mol. The van der Waals surface area contributed by atoms with E-state index in [0.29, 0.717) is 6.61 Å². The first-order valence-electron chi connectivity index (χ1n) is 7.27. The van der Waals surface area contributed by atoms with Crippen LogP contribution >= 0.6 is 0 Å². The summed E-state index contributed by atoms with van der Waals surface area (Å²) >= 11 is 0. The summed E-state index contributed by atoms with van der Waals surface area (Å²) in [6, 6.07) is 10.6. The molecule has 1 aliphatic carbocycles. The Kier molecular flexibility index (Phi) is 4.19. The van der Waals surface area contributed by atoms with Crippen molar-refractivity contribution in [2.75, 3.05) is 7.05 Å². The van der Waals surface area contributed by atoms with Crippen molar-refractivity contribution in [3.63, 3.8) is 0 Å². The predicted molar refractivity (Wildman–Crippen MR) is 78.4 cm³/mol. The Morgan fingerprint density at radius 3 is 3.10 bits per heavy atom. The lowest BCUT2D eigenvalue weighted by molar-refractivity contribution is 0.0275. The van der Waals surface area contributed by atoms with E-state index in [0.717, 1.165) is 24.3 Å². The Morgan fingerprint density at radius 1 is 1.30 bits per heavy atom. The van der Waals surface area contributed by atoms with Gasteiger partial charge in [0, 0.05) is 5.56 Å². The van der Waals surface area contributed by atoms with Crippen LogP contribution in [0.5, 0.6) is 0 Å². The van der Waals surface area contributed by atoms with Crippen molar-refractivity contribution < 1.29 is 9.15 Å². The van der Waals surface area contributed by atoms with Gasteiger partial charge in [-0.15, -0.1) is 0 Å². The molecule has 0 radical (unpaired) electrons. The van der Waals surface area contributed by atoms with E-state index in [4.69, 9.17) is 9.15 Å². The highest BCUT2D eigenvalue weighted by molar-refractivity contribution is 5.31. The van der Waals surface area contributed by atoms with Gasteiger partial charge in [-0.05, 0) is 43.5 Å². The Labute approximate surface area is 119 Å². The van der Waals surface area contributed by atoms with Crippen LogP contribution in [-0.2, 0) is 24.3 Å². The molecule has 0 bridgehead atoms. The van der Waals surface area contributed by atoms with Crippen molar-refractivity contribution in [1.82, 2.24) is 5.32 Å². The molecule has 0 aliphatic heterocycles. The first-order valence-corrected chi connectivity index (χ1v) is 7.27. The number of fused-ring (bicyclic) bond motifs is 1. The number of ether oxygens (including phenoxy) is 1. The second kappa shape index (κ2) is 6.25. The molecule has 3 rings (SSSR count). The van der Waals surface area contributed by atoms with Crippen LogP contribution in [0.25, 0.3) is 0 Å². The Balaban J connectivity index is 1.69. The fourth-order valence-electron chi connectivity index (χ4n) is 2.88. The molecule has 0 saturated carbocycles. The van der Waals surface area contributed by atoms with Gasteiger partial charge in [0.25, 0.3) is 0 Å². The van der Waals surface area contributed by atoms with Gasteiger partial charge in [0.2, 0.25) is 0 Å². The Morgan fingerprint density at radius 2 is 2.20 bits per heavy atom. The average molecular weight is 271 g/mol. The van der Waals surface area contributed by atoms with Gasteiger partial charge in [-0.1, -0.05) is 24.3 Å². The van der Waals surface area contributed by atoms with Gasteiger partial charge in [-0.2, -0.15) is 0 Å². The summed E-state index contributed by atoms with van der Waals surface area (Å²) in [7, 11) is 1.92. The lowest BCUT2D eigenvalue weighted by atomic mass is 9.89. The fraction of sp³-hybridized carbons (Fsp3) is 0.412. The second-order valence-electron chi connectivity index (χ2n) is 5.29. The maximum Gasteiger partial charge on any atom is 0.123 e. The molecule has 0 spiro atoms. The summed E-state index contributed by atoms with van der Waals surface area (Å²) in [5.41, 5.74) is 3.94. The fourth-order valence-corrected chi connectivity index (χ4v) is 2.88. The zero-order valence-corrected chi connectivity index (χ0v) is 11.9. The standard InChI is InChI=1S/C17H21NO2/c1-18-11-17-14(9-10-19-17)12-20-16-8-4-6-13-5-2-3-7-15(13)16/h2-3,5,7,9-10,16,18H,4,6,8,11-12H2,1H3. The van der Waals surface area contributed by atoms with Crippen LogP contribution in [0.1, 0.15) is 41.4 Å². The molecular weight excluding hydrogens is 250 g/mol. The topological polar surface area (TPSA) is 34.4 Å². The van der Waals surface area contributed by atoms with Gasteiger partial charge in [0.15, 0.2) is 0 Å². The maximum atomic E-state index is 6.15. The minimum atomic E-state index is 0.220. The molecule has 106 valence electrons. The first kappa shape index (κ1) is 13.4. The predicted octanol–water partition coefficient (Wildman–Crippen LogP) is 3.59. The summed E-state index contributed by atoms with van der Waals surface area (Å²) in [4.78, 5) is 0. The van der Waals surface area contributed by atoms with Gasteiger partial charge < -0.3 is 14.5 Å². The molecule has 2 aromatic rings. The van der Waals surface area contributed by atoms with E-state index < -0.39 is 0 Å². The molecule has 1 aliphatic rings. The van der Waals surface area contributed by atoms with Crippen LogP contribution in [0.4, 0.5) is 0 Å². The molecule has 0 amide bonds. The quantitative estimate of drug-likeness (QED) is 0.902. The normalized spacial score (nSPS) is 17.9. The lowest BCUT2D eigenvalue weighted by Gasteiger charge is -2.25. The van der Waals surface area contributed by atoms with E-state index in [-0.39, 0.29) is 6.10 Å². The molecule has 1 atom stereocenters. The highest BCUT2D eigenvalue weighted by Gasteiger charge is 2.20. The number of aryl methyl sites for hydroxylation is 1. The second-order valence-corrected chi connectivity index (χ2v) is 5.29. The summed E-state index contributed by atoms with van der Waals surface area (Å²) in [6.07, 6.45) is 5.44. The van der Waals surface area contributed by atoms with Crippen LogP contribution < -0.4 is 5.32 Å². The molecule has 0 fully saturated rings. The molecule has 1 N–H and O–H groups in total. The van der Waals surface area contributed by atoms with Crippen molar-refractivity contribution in [2.45, 2.75) is 38.5 Å². The summed E-state index contributed by atoms with van der Waals surface area (Å²) < 4.78 is 11.6. The van der Waals surface area contributed by atoms with Crippen molar-refractivity contribution >= 4 is 0 Å². The molecule has 1 aromatic heterocycles. The van der Waals surface area contributed by atoms with Crippen molar-refractivity contribution in [1.29, 1.82) is 0 Å². The van der Waals surface area contributed by atoms with E-state index in [2.05, 4.69) is 29.6 Å². The third-order valence-corrected chi connectivity index (χ3v) is 3.93. The number of furan rings is 1. The van der Waals surface area contributed by atoms with E-state index in [1.807, 2.05) is 13.1 Å². The van der Waals surface area contributed by atoms with Gasteiger partial charge in [-0.3, -0.25) is 0 Å². The van der Waals surface area contributed by atoms with Crippen LogP contribution in [0.15, 0.2) is 41.0 Å². The van der Waals surface area contributed by atoms with Gasteiger partial charge in [-0.25, -0.2) is 0 Å². The summed E-state index contributed by atoms with van der Waals surface area (Å²) in [6.45, 7) is 1.36. The van der Waals surface area contributed by atoms with Crippen molar-refractivity contribution in [3.05, 3.63) is 59.0 Å². The van der Waals surface area contributed by atoms with Crippen LogP contribution in [0, 0.1) is 0 Å².